The molecule has 2 atom stereocenters. The maximum Gasteiger partial charge on any atom is 0.257 e. The largest absolute Gasteiger partial charge is 0.351 e. The van der Waals surface area contributed by atoms with Gasteiger partial charge in [0.25, 0.3) is 6.43 Å². The predicted molar refractivity (Wildman–Crippen MR) is 123 cm³/mol. The van der Waals surface area contributed by atoms with Crippen molar-refractivity contribution in [2.24, 2.45) is 0 Å². The van der Waals surface area contributed by atoms with Crippen molar-refractivity contribution in [3.8, 4) is 17.3 Å². The van der Waals surface area contributed by atoms with Crippen LogP contribution in [0.5, 0.6) is 0 Å². The van der Waals surface area contributed by atoms with Gasteiger partial charge in [-0.25, -0.2) is 28.1 Å². The van der Waals surface area contributed by atoms with Gasteiger partial charge < -0.3 is 9.88 Å². The summed E-state index contributed by atoms with van der Waals surface area (Å²) in [4.78, 5) is 13.2. The molecule has 0 amide bonds. The van der Waals surface area contributed by atoms with E-state index in [2.05, 4.69) is 36.0 Å². The van der Waals surface area contributed by atoms with Gasteiger partial charge in [-0.2, -0.15) is 10.4 Å². The molecule has 3 heterocycles. The van der Waals surface area contributed by atoms with E-state index in [0.717, 1.165) is 41.4 Å². The molecule has 1 fully saturated rings. The Morgan fingerprint density at radius 2 is 2.09 bits per heavy atom. The Morgan fingerprint density at radius 3 is 2.89 bits per heavy atom. The van der Waals surface area contributed by atoms with E-state index in [1.807, 2.05) is 6.92 Å². The molecule has 1 aromatic carbocycles. The van der Waals surface area contributed by atoms with Crippen molar-refractivity contribution >= 4 is 17.0 Å². The Labute approximate surface area is 199 Å². The molecule has 1 aliphatic carbocycles. The number of hydrogen-bond donors (Lipinski definition) is 1. The van der Waals surface area contributed by atoms with Gasteiger partial charge in [-0.15, -0.1) is 0 Å². The minimum Gasteiger partial charge on any atom is -0.351 e. The minimum absolute atomic E-state index is 0.0781. The molecule has 0 spiro atoms. The number of alkyl halides is 2. The maximum atomic E-state index is 13.8. The number of imidazole rings is 1. The molecule has 0 bridgehead atoms. The van der Waals surface area contributed by atoms with E-state index in [9.17, 15) is 18.4 Å². The zero-order chi connectivity index (χ0) is 24.5. The van der Waals surface area contributed by atoms with Gasteiger partial charge in [0.05, 0.1) is 41.0 Å². The highest BCUT2D eigenvalue weighted by molar-refractivity contribution is 5.79. The van der Waals surface area contributed by atoms with Crippen LogP contribution in [0.4, 0.5) is 19.1 Å². The molecule has 35 heavy (non-hydrogen) atoms. The molecule has 11 heteroatoms. The van der Waals surface area contributed by atoms with E-state index in [0.29, 0.717) is 22.7 Å². The fourth-order valence-corrected chi connectivity index (χ4v) is 4.82. The molecule has 5 rings (SSSR count). The molecule has 0 saturated heterocycles. The van der Waals surface area contributed by atoms with Crippen molar-refractivity contribution < 1.29 is 13.2 Å². The zero-order valence-corrected chi connectivity index (χ0v) is 19.0. The molecule has 3 aromatic heterocycles. The van der Waals surface area contributed by atoms with E-state index < -0.39 is 13.0 Å². The second kappa shape index (κ2) is 9.37. The zero-order valence-electron chi connectivity index (χ0n) is 19.0. The van der Waals surface area contributed by atoms with Crippen molar-refractivity contribution in [2.75, 3.05) is 5.32 Å². The Balaban J connectivity index is 1.36. The van der Waals surface area contributed by atoms with Gasteiger partial charge >= 0.3 is 0 Å². The molecular formula is C24H23F3N8. The Bertz CT molecular complexity index is 1400. The molecule has 4 aromatic rings. The number of fused-ring (bicyclic) bond motifs is 1. The highest BCUT2D eigenvalue weighted by Gasteiger charge is 2.26. The van der Waals surface area contributed by atoms with Crippen LogP contribution in [0.3, 0.4) is 0 Å². The van der Waals surface area contributed by atoms with Crippen LogP contribution >= 0.6 is 0 Å². The Morgan fingerprint density at radius 1 is 1.23 bits per heavy atom. The number of nitrogens with zero attached hydrogens (tertiary/aromatic N) is 7. The number of rotatable bonds is 6. The van der Waals surface area contributed by atoms with Crippen molar-refractivity contribution in [3.63, 3.8) is 0 Å². The smallest absolute Gasteiger partial charge is 0.257 e. The summed E-state index contributed by atoms with van der Waals surface area (Å²) in [5.41, 5.74) is 3.49. The minimum atomic E-state index is -2.53. The molecule has 1 saturated carbocycles. The fourth-order valence-electron chi connectivity index (χ4n) is 4.82. The normalized spacial score (nSPS) is 18.2. The Hall–Kier alpha value is -3.94. The van der Waals surface area contributed by atoms with E-state index >= 15 is 0 Å². The van der Waals surface area contributed by atoms with E-state index in [1.54, 1.807) is 6.33 Å². The maximum absolute atomic E-state index is 13.8. The number of benzene rings is 1. The second-order valence-corrected chi connectivity index (χ2v) is 8.81. The van der Waals surface area contributed by atoms with Crippen LogP contribution < -0.4 is 5.32 Å². The van der Waals surface area contributed by atoms with Crippen LogP contribution in [-0.2, 0) is 6.54 Å². The van der Waals surface area contributed by atoms with Gasteiger partial charge in [-0.1, -0.05) is 0 Å². The average Bonchev–Trinajstić information content (AvgIpc) is 3.46. The summed E-state index contributed by atoms with van der Waals surface area (Å²) in [7, 11) is 0. The molecule has 0 unspecified atom stereocenters. The van der Waals surface area contributed by atoms with E-state index in [-0.39, 0.29) is 23.5 Å². The molecule has 0 radical (unpaired) electrons. The highest BCUT2D eigenvalue weighted by atomic mass is 19.3. The molecule has 0 aliphatic heterocycles. The number of nitrogens with one attached hydrogen (secondary N) is 1. The topological polar surface area (TPSA) is 97.2 Å². The lowest BCUT2D eigenvalue weighted by atomic mass is 9.90. The molecular weight excluding hydrogens is 457 g/mol. The van der Waals surface area contributed by atoms with E-state index in [1.165, 1.54) is 30.7 Å². The van der Waals surface area contributed by atoms with Crippen LogP contribution in [0.15, 0.2) is 37.1 Å². The van der Waals surface area contributed by atoms with Crippen molar-refractivity contribution in [1.29, 1.82) is 5.26 Å². The number of aromatic nitrogens is 6. The summed E-state index contributed by atoms with van der Waals surface area (Å²) < 4.78 is 42.4. The van der Waals surface area contributed by atoms with Crippen LogP contribution in [0.2, 0.25) is 0 Å². The molecule has 1 aliphatic rings. The van der Waals surface area contributed by atoms with Crippen molar-refractivity contribution in [3.05, 3.63) is 54.0 Å². The summed E-state index contributed by atoms with van der Waals surface area (Å²) in [5.74, 6) is 0.0666. The van der Waals surface area contributed by atoms with Gasteiger partial charge in [0.15, 0.2) is 0 Å². The quantitative estimate of drug-likeness (QED) is 0.423. The van der Waals surface area contributed by atoms with Crippen LogP contribution in [0.1, 0.15) is 42.9 Å². The molecule has 180 valence electrons. The monoisotopic (exact) mass is 480 g/mol. The first-order valence-electron chi connectivity index (χ1n) is 11.4. The number of nitriles is 1. The Kier molecular flexibility index (Phi) is 6.11. The average molecular weight is 480 g/mol. The van der Waals surface area contributed by atoms with Crippen LogP contribution in [-0.4, -0.2) is 41.8 Å². The van der Waals surface area contributed by atoms with Gasteiger partial charge in [0.1, 0.15) is 18.4 Å². The highest BCUT2D eigenvalue weighted by Crippen LogP contribution is 2.33. The van der Waals surface area contributed by atoms with E-state index in [4.69, 9.17) is 0 Å². The third-order valence-electron chi connectivity index (χ3n) is 6.34. The summed E-state index contributed by atoms with van der Waals surface area (Å²) in [6, 6.07) is 5.29. The van der Waals surface area contributed by atoms with Gasteiger partial charge in [0.2, 0.25) is 5.95 Å². The van der Waals surface area contributed by atoms with Crippen molar-refractivity contribution in [1.82, 2.24) is 29.3 Å². The fraction of sp³-hybridized carbons (Fsp3) is 0.375. The summed E-state index contributed by atoms with van der Waals surface area (Å²) in [6.07, 6.45) is 7.21. The molecule has 8 nitrogen and oxygen atoms in total. The lowest BCUT2D eigenvalue weighted by molar-refractivity contribution is 0.122. The van der Waals surface area contributed by atoms with Crippen molar-refractivity contribution in [2.45, 2.75) is 57.7 Å². The number of anilines is 1. The first-order valence-corrected chi connectivity index (χ1v) is 11.4. The van der Waals surface area contributed by atoms with Gasteiger partial charge in [0, 0.05) is 29.9 Å². The lowest BCUT2D eigenvalue weighted by Gasteiger charge is -2.31. The third kappa shape index (κ3) is 4.69. The number of halogens is 3. The number of hydrogen-bond acceptors (Lipinski definition) is 6. The van der Waals surface area contributed by atoms with Crippen LogP contribution in [0.25, 0.3) is 22.3 Å². The first kappa shape index (κ1) is 22.8. The van der Waals surface area contributed by atoms with Gasteiger partial charge in [-0.05, 0) is 44.2 Å². The molecule has 1 N–H and O–H groups in total. The van der Waals surface area contributed by atoms with Gasteiger partial charge in [-0.3, -0.25) is 4.68 Å². The summed E-state index contributed by atoms with van der Waals surface area (Å²) in [6.45, 7) is 1.36. The standard InChI is InChI=1S/C24H23F3N8/c1-14-5-17(25)6-20-23(14)35(13-30-20)19-4-2-3-18(7-19)32-24-29-9-15(8-28)22(33-24)16-10-31-34(11-16)12-21(26)27/h5-6,9-11,13,18-19,21H,2-4,7,12H2,1H3,(H,29,32,33)/t18-,19+/m1/s1. The number of aryl methyl sites for hydroxylation is 1. The SMILES string of the molecule is Cc1cc(F)cc2ncn([C@H]3CCC[C@@H](Nc4ncc(C#N)c(-c5cnn(CC(F)F)c5)n4)C3)c12. The first-order chi connectivity index (χ1) is 16.9. The lowest BCUT2D eigenvalue weighted by Crippen LogP contribution is -2.29. The summed E-state index contributed by atoms with van der Waals surface area (Å²) >= 11 is 0. The third-order valence-corrected chi connectivity index (χ3v) is 6.34. The summed E-state index contributed by atoms with van der Waals surface area (Å²) in [5, 5.41) is 16.8. The van der Waals surface area contributed by atoms with Crippen LogP contribution in [0, 0.1) is 24.1 Å². The predicted octanol–water partition coefficient (Wildman–Crippen LogP) is 4.87. The second-order valence-electron chi connectivity index (χ2n) is 8.81.